The van der Waals surface area contributed by atoms with Crippen molar-refractivity contribution in [3.63, 3.8) is 0 Å². The van der Waals surface area contributed by atoms with E-state index in [0.29, 0.717) is 25.3 Å². The summed E-state index contributed by atoms with van der Waals surface area (Å²) in [6.07, 6.45) is 9.03. The van der Waals surface area contributed by atoms with Crippen LogP contribution in [0.4, 0.5) is 0 Å². The average Bonchev–Trinajstić information content (AvgIpc) is 3.64. The van der Waals surface area contributed by atoms with E-state index in [1.54, 1.807) is 5.32 Å². The Kier molecular flexibility index (Phi) is 8.35. The van der Waals surface area contributed by atoms with Gasteiger partial charge >= 0.3 is 0 Å². The predicted octanol–water partition coefficient (Wildman–Crippen LogP) is 4.52. The van der Waals surface area contributed by atoms with Crippen LogP contribution in [0.5, 0.6) is 0 Å². The molecule has 1 atom stereocenters. The van der Waals surface area contributed by atoms with E-state index in [1.807, 2.05) is 11.0 Å². The minimum atomic E-state index is 0.169. The summed E-state index contributed by atoms with van der Waals surface area (Å²) in [6.45, 7) is 8.28. The molecule has 1 unspecified atom stereocenters. The lowest BCUT2D eigenvalue weighted by Crippen LogP contribution is -2.33. The first-order valence-electron chi connectivity index (χ1n) is 14.2. The first kappa shape index (κ1) is 27.0. The summed E-state index contributed by atoms with van der Waals surface area (Å²) in [4.78, 5) is 40.8. The lowest BCUT2D eigenvalue weighted by molar-refractivity contribution is -0.117. The van der Waals surface area contributed by atoms with Crippen LogP contribution < -0.4 is 5.32 Å². The van der Waals surface area contributed by atoms with Gasteiger partial charge in [0.05, 0.1) is 11.4 Å². The van der Waals surface area contributed by atoms with Crippen molar-refractivity contribution in [3.05, 3.63) is 46.6 Å². The van der Waals surface area contributed by atoms with Crippen molar-refractivity contribution in [3.8, 4) is 11.3 Å². The summed E-state index contributed by atoms with van der Waals surface area (Å²) >= 11 is 0. The fourth-order valence-corrected chi connectivity index (χ4v) is 5.96. The van der Waals surface area contributed by atoms with E-state index in [0.717, 1.165) is 65.9 Å². The molecule has 9 heteroatoms. The molecule has 1 aliphatic carbocycles. The number of nitrogens with one attached hydrogen (secondary N) is 2. The van der Waals surface area contributed by atoms with Crippen LogP contribution in [0.3, 0.4) is 0 Å². The first-order chi connectivity index (χ1) is 19.0. The summed E-state index contributed by atoms with van der Waals surface area (Å²) < 4.78 is 0. The smallest absolute Gasteiger partial charge is 0.254 e. The molecule has 2 N–H and O–H groups in total. The molecule has 0 radical (unpaired) electrons. The zero-order valence-corrected chi connectivity index (χ0v) is 22.9. The Morgan fingerprint density at radius 1 is 1.10 bits per heavy atom. The van der Waals surface area contributed by atoms with Crippen molar-refractivity contribution in [2.75, 3.05) is 13.1 Å². The topological polar surface area (TPSA) is 111 Å². The number of rotatable bonds is 9. The normalized spacial score (nSPS) is 17.9. The van der Waals surface area contributed by atoms with Crippen molar-refractivity contribution < 1.29 is 14.4 Å². The van der Waals surface area contributed by atoms with Crippen molar-refractivity contribution in [1.29, 1.82) is 0 Å². The Balaban J connectivity index is 0.000000567. The number of likely N-dealkylation sites (tertiary alicyclic amines) is 1. The molecule has 0 bridgehead atoms. The zero-order chi connectivity index (χ0) is 27.4. The monoisotopic (exact) mass is 530 g/mol. The average molecular weight is 531 g/mol. The molecule has 2 aliphatic heterocycles. The van der Waals surface area contributed by atoms with Crippen LogP contribution >= 0.6 is 0 Å². The number of pyridine rings is 1. The highest BCUT2D eigenvalue weighted by Gasteiger charge is 2.31. The molecule has 1 saturated carbocycles. The first-order valence-corrected chi connectivity index (χ1v) is 14.2. The summed E-state index contributed by atoms with van der Waals surface area (Å²) in [7, 11) is 0. The largest absolute Gasteiger partial charge is 0.332 e. The maximum atomic E-state index is 13.0. The van der Waals surface area contributed by atoms with Gasteiger partial charge < -0.3 is 10.2 Å². The van der Waals surface area contributed by atoms with E-state index in [-0.39, 0.29) is 11.9 Å². The third-order valence-electron chi connectivity index (χ3n) is 8.33. The summed E-state index contributed by atoms with van der Waals surface area (Å²) in [5, 5.41) is 9.85. The molecular weight excluding hydrogens is 492 g/mol. The number of H-pyrrole nitrogens is 1. The minimum Gasteiger partial charge on any atom is -0.332 e. The number of carbonyl (C=O) groups is 3. The molecule has 1 saturated heterocycles. The number of fused-ring (bicyclic) bond motifs is 2. The van der Waals surface area contributed by atoms with Crippen molar-refractivity contribution in [1.82, 2.24) is 30.3 Å². The van der Waals surface area contributed by atoms with Gasteiger partial charge in [-0.05, 0) is 81.4 Å². The van der Waals surface area contributed by atoms with E-state index in [2.05, 4.69) is 42.0 Å². The number of aromatic nitrogens is 3. The van der Waals surface area contributed by atoms with Gasteiger partial charge in [0, 0.05) is 36.2 Å². The molecule has 0 spiro atoms. The summed E-state index contributed by atoms with van der Waals surface area (Å²) in [5.41, 5.74) is 8.63. The van der Waals surface area contributed by atoms with Crippen LogP contribution in [0.1, 0.15) is 91.9 Å². The number of aromatic amines is 1. The van der Waals surface area contributed by atoms with Gasteiger partial charge in [-0.1, -0.05) is 25.8 Å². The maximum absolute atomic E-state index is 13.0. The van der Waals surface area contributed by atoms with Crippen molar-refractivity contribution in [2.24, 2.45) is 0 Å². The molecule has 3 amide bonds. The fraction of sp³-hybridized carbons (Fsp3) is 0.500. The molecule has 6 rings (SSSR count). The van der Waals surface area contributed by atoms with E-state index >= 15 is 0 Å². The molecule has 2 fully saturated rings. The van der Waals surface area contributed by atoms with E-state index < -0.39 is 0 Å². The van der Waals surface area contributed by atoms with Gasteiger partial charge in [-0.2, -0.15) is 5.10 Å². The van der Waals surface area contributed by atoms with Crippen LogP contribution in [0.2, 0.25) is 0 Å². The second-order valence-electron chi connectivity index (χ2n) is 11.0. The van der Waals surface area contributed by atoms with Gasteiger partial charge in [0.15, 0.2) is 0 Å². The quantitative estimate of drug-likeness (QED) is 0.394. The number of benzene rings is 1. The molecule has 2 aromatic heterocycles. The Morgan fingerprint density at radius 2 is 1.87 bits per heavy atom. The highest BCUT2D eigenvalue weighted by atomic mass is 16.2. The van der Waals surface area contributed by atoms with Crippen molar-refractivity contribution >= 4 is 29.8 Å². The maximum Gasteiger partial charge on any atom is 0.254 e. The van der Waals surface area contributed by atoms with Gasteiger partial charge in [-0.15, -0.1) is 0 Å². The molecule has 3 aliphatic rings. The third kappa shape index (κ3) is 5.59. The Labute approximate surface area is 229 Å². The van der Waals surface area contributed by atoms with Crippen molar-refractivity contribution in [2.45, 2.75) is 83.8 Å². The van der Waals surface area contributed by atoms with E-state index in [4.69, 9.17) is 19.7 Å². The standard InChI is InChI=1S/C28H35N5O.C2H3NO2/c1-3-7-18(2)33-17-21-14-20(10-11-23(21)28(33)34)24-15-22(16-32-12-4-5-13-32)26-27(29-24)25(30-31-26)19-8-6-9-19;4-1-3-2-5/h10-11,14-15,18-19H,3-9,12-13,16-17H2,1-2H3,(H,30,31);1-2H,(H,3,4,5). The van der Waals surface area contributed by atoms with Crippen LogP contribution in [0.15, 0.2) is 24.3 Å². The number of carbonyl (C=O) groups excluding carboxylic acids is 3. The second kappa shape index (κ2) is 12.1. The molecule has 3 aromatic rings. The SMILES string of the molecule is CCCC(C)N1Cc2cc(-c3cc(CN4CCCC4)c4n[nH]c(C5CCC5)c4n3)ccc2C1=O.O=CNC=O. The number of hydrogen-bond donors (Lipinski definition) is 2. The third-order valence-corrected chi connectivity index (χ3v) is 8.33. The molecule has 1 aromatic carbocycles. The van der Waals surface area contributed by atoms with Crippen LogP contribution in [-0.2, 0) is 22.7 Å². The Bertz CT molecular complexity index is 1340. The Hall–Kier alpha value is -3.59. The Morgan fingerprint density at radius 3 is 2.51 bits per heavy atom. The van der Waals surface area contributed by atoms with Gasteiger partial charge in [0.1, 0.15) is 11.0 Å². The summed E-state index contributed by atoms with van der Waals surface area (Å²) in [5.74, 6) is 0.723. The van der Waals surface area contributed by atoms with Gasteiger partial charge in [-0.3, -0.25) is 24.4 Å². The highest BCUT2D eigenvalue weighted by Crippen LogP contribution is 2.39. The number of imide groups is 1. The predicted molar refractivity (Wildman–Crippen MR) is 150 cm³/mol. The van der Waals surface area contributed by atoms with Crippen LogP contribution in [0, 0.1) is 0 Å². The molecule has 4 heterocycles. The van der Waals surface area contributed by atoms with Gasteiger partial charge in [0.25, 0.3) is 5.91 Å². The molecule has 39 heavy (non-hydrogen) atoms. The van der Waals surface area contributed by atoms with Gasteiger partial charge in [-0.25, -0.2) is 4.98 Å². The minimum absolute atomic E-state index is 0.169. The molecule has 9 nitrogen and oxygen atoms in total. The number of hydrogen-bond acceptors (Lipinski definition) is 6. The van der Waals surface area contributed by atoms with Gasteiger partial charge in [0.2, 0.25) is 12.8 Å². The van der Waals surface area contributed by atoms with Crippen LogP contribution in [0.25, 0.3) is 22.3 Å². The molecule has 206 valence electrons. The number of nitrogens with zero attached hydrogens (tertiary/aromatic N) is 4. The van der Waals surface area contributed by atoms with E-state index in [1.165, 1.54) is 43.4 Å². The van der Waals surface area contributed by atoms with Crippen LogP contribution in [-0.4, -0.2) is 62.8 Å². The van der Waals surface area contributed by atoms with E-state index in [9.17, 15) is 4.79 Å². The zero-order valence-electron chi connectivity index (χ0n) is 22.9. The second-order valence-corrected chi connectivity index (χ2v) is 11.0. The highest BCUT2D eigenvalue weighted by molar-refractivity contribution is 5.99. The summed E-state index contributed by atoms with van der Waals surface area (Å²) in [6, 6.07) is 8.80. The fourth-order valence-electron chi connectivity index (χ4n) is 5.96. The lowest BCUT2D eigenvalue weighted by atomic mass is 9.82. The lowest BCUT2D eigenvalue weighted by Gasteiger charge is -2.24. The molecular formula is C30H38N6O3. The number of amides is 3.